The van der Waals surface area contributed by atoms with E-state index in [0.717, 1.165) is 34.9 Å². The standard InChI is InChI=1S/C24H21O.C4H8.C2H6.C2H5.C2H4.CH4O.K/c1-5-18(2)24(20(4)25)17-19(3)23-15-13-22(14-16-23)12-11-21-9-7-6-8-10-21;1-3-4-2;4*1-2;/h5,7-10,13-17H,1H2,2-4H3;3-4H,1-2H3;1-2H3;1H2,2H3;1-2H2;2H,1H3;/q-1;;;-1;;;+1/b19-17+,24-18-;4-3-;;;;;. The van der Waals surface area contributed by atoms with Gasteiger partial charge in [-0.05, 0) is 69.5 Å². The number of rotatable bonds is 4. The number of aliphatic hydroxyl groups excluding tert-OH is 1. The average Bonchev–Trinajstić information content (AvgIpc) is 2.99. The van der Waals surface area contributed by atoms with E-state index in [1.165, 1.54) is 0 Å². The van der Waals surface area contributed by atoms with E-state index in [1.807, 2.05) is 108 Å². The number of allylic oxidation sites excluding steroid dienone is 7. The quantitative estimate of drug-likeness (QED) is 0.125. The zero-order chi connectivity index (χ0) is 29.6. The molecule has 0 unspecified atom stereocenters. The second-order valence-electron chi connectivity index (χ2n) is 6.47. The summed E-state index contributed by atoms with van der Waals surface area (Å²) in [6, 6.07) is 18.6. The first kappa shape index (κ1) is 45.9. The molecule has 0 saturated heterocycles. The van der Waals surface area contributed by atoms with Crippen LogP contribution in [0.25, 0.3) is 5.57 Å². The van der Waals surface area contributed by atoms with Crippen LogP contribution in [0.5, 0.6) is 0 Å². The Morgan fingerprint density at radius 2 is 1.26 bits per heavy atom. The fourth-order valence-corrected chi connectivity index (χ4v) is 2.33. The number of Topliss-reactive ketones (excluding diaryl/α,β-unsaturated/α-hetero) is 1. The molecule has 0 heterocycles. The first-order valence-corrected chi connectivity index (χ1v) is 12.3. The molecule has 0 aliphatic heterocycles. The van der Waals surface area contributed by atoms with Gasteiger partial charge in [-0.15, -0.1) is 13.2 Å². The van der Waals surface area contributed by atoms with Crippen molar-refractivity contribution >= 4 is 11.4 Å². The molecule has 0 aliphatic rings. The summed E-state index contributed by atoms with van der Waals surface area (Å²) < 4.78 is 0. The van der Waals surface area contributed by atoms with Crippen LogP contribution in [-0.4, -0.2) is 18.0 Å². The molecular weight excluding hydrogens is 491 g/mol. The number of hydrogen-bond acceptors (Lipinski definition) is 2. The molecule has 1 N–H and O–H groups in total. The van der Waals surface area contributed by atoms with E-state index in [1.54, 1.807) is 19.9 Å². The van der Waals surface area contributed by atoms with Gasteiger partial charge in [0.2, 0.25) is 0 Å². The van der Waals surface area contributed by atoms with Crippen molar-refractivity contribution in [2.24, 2.45) is 0 Å². The van der Waals surface area contributed by atoms with Gasteiger partial charge in [0, 0.05) is 18.2 Å². The van der Waals surface area contributed by atoms with E-state index < -0.39 is 0 Å². The molecule has 0 aliphatic carbocycles. The van der Waals surface area contributed by atoms with Crippen LogP contribution in [0.3, 0.4) is 0 Å². The van der Waals surface area contributed by atoms with Gasteiger partial charge in [0.15, 0.2) is 5.78 Å². The third-order valence-electron chi connectivity index (χ3n) is 4.21. The number of carbonyl (C=O) groups excluding carboxylic acids is 1. The van der Waals surface area contributed by atoms with Gasteiger partial charge in [-0.1, -0.05) is 68.2 Å². The van der Waals surface area contributed by atoms with Crippen LogP contribution in [0.15, 0.2) is 104 Å². The molecule has 38 heavy (non-hydrogen) atoms. The van der Waals surface area contributed by atoms with Gasteiger partial charge in [0.05, 0.1) is 0 Å². The zero-order valence-corrected chi connectivity index (χ0v) is 28.7. The van der Waals surface area contributed by atoms with Gasteiger partial charge in [0.25, 0.3) is 0 Å². The van der Waals surface area contributed by atoms with Crippen molar-refractivity contribution in [2.75, 3.05) is 7.11 Å². The third-order valence-corrected chi connectivity index (χ3v) is 4.21. The average molecular weight is 540 g/mol. The van der Waals surface area contributed by atoms with E-state index in [0.29, 0.717) is 5.57 Å². The molecule has 0 saturated carbocycles. The van der Waals surface area contributed by atoms with Crippen LogP contribution in [0.2, 0.25) is 0 Å². The number of benzene rings is 2. The molecule has 0 spiro atoms. The first-order valence-electron chi connectivity index (χ1n) is 12.3. The molecule has 0 bridgehead atoms. The van der Waals surface area contributed by atoms with E-state index in [-0.39, 0.29) is 57.2 Å². The maximum absolute atomic E-state index is 11.8. The molecule has 202 valence electrons. The van der Waals surface area contributed by atoms with Gasteiger partial charge in [-0.25, -0.2) is 0 Å². The van der Waals surface area contributed by atoms with E-state index >= 15 is 0 Å². The molecule has 2 nitrogen and oxygen atoms in total. The fraction of sp³-hybridized carbons (Fsp3) is 0.257. The van der Waals surface area contributed by atoms with Crippen LogP contribution in [0.1, 0.15) is 72.1 Å². The van der Waals surface area contributed by atoms with Crippen LogP contribution in [-0.2, 0) is 4.79 Å². The van der Waals surface area contributed by atoms with Crippen molar-refractivity contribution in [3.05, 3.63) is 133 Å². The normalized spacial score (nSPS) is 9.39. The SMILES string of the molecule is C/C=C\C.C=C.C=C/C(C)=C(/C=C(\C)c1ccc(C#Cc2cc[c-]cc2)cc1)C(C)=O.CC.CO.[CH2-]C.[K+]. The minimum Gasteiger partial charge on any atom is -0.400 e. The van der Waals surface area contributed by atoms with Crippen molar-refractivity contribution in [3.63, 3.8) is 0 Å². The molecule has 0 amide bonds. The summed E-state index contributed by atoms with van der Waals surface area (Å²) in [4.78, 5) is 11.8. The summed E-state index contributed by atoms with van der Waals surface area (Å²) in [5.74, 6) is 6.33. The number of ketones is 1. The topological polar surface area (TPSA) is 37.3 Å². The zero-order valence-electron chi connectivity index (χ0n) is 25.6. The fourth-order valence-electron chi connectivity index (χ4n) is 2.33. The molecule has 2 rings (SSSR count). The third kappa shape index (κ3) is 23.1. The second kappa shape index (κ2) is 35.0. The van der Waals surface area contributed by atoms with E-state index in [2.05, 4.69) is 44.6 Å². The molecule has 0 aromatic heterocycles. The van der Waals surface area contributed by atoms with Crippen molar-refractivity contribution in [1.82, 2.24) is 0 Å². The van der Waals surface area contributed by atoms with Crippen molar-refractivity contribution in [2.45, 2.75) is 55.4 Å². The summed E-state index contributed by atoms with van der Waals surface area (Å²) in [6.45, 7) is 28.2. The number of carbonyl (C=O) groups is 1. The molecule has 3 heteroatoms. The largest absolute Gasteiger partial charge is 1.00 e. The predicted octanol–water partition coefficient (Wildman–Crippen LogP) is 6.25. The Morgan fingerprint density at radius 3 is 1.61 bits per heavy atom. The van der Waals surface area contributed by atoms with Gasteiger partial charge in [-0.3, -0.25) is 4.79 Å². The van der Waals surface area contributed by atoms with Gasteiger partial charge in [0.1, 0.15) is 0 Å². The predicted molar refractivity (Wildman–Crippen MR) is 167 cm³/mol. The van der Waals surface area contributed by atoms with Gasteiger partial charge >= 0.3 is 51.4 Å². The first-order chi connectivity index (χ1) is 17.9. The minimum atomic E-state index is 0. The Kier molecular flexibility index (Phi) is 42.2. The van der Waals surface area contributed by atoms with Crippen molar-refractivity contribution < 1.29 is 61.3 Å². The minimum absolute atomic E-state index is 0. The number of hydrogen-bond donors (Lipinski definition) is 1. The van der Waals surface area contributed by atoms with Crippen LogP contribution >= 0.6 is 0 Å². The van der Waals surface area contributed by atoms with Gasteiger partial charge < -0.3 is 12.0 Å². The summed E-state index contributed by atoms with van der Waals surface area (Å²) in [6.07, 6.45) is 7.63. The Labute approximate surface area is 277 Å². The Balaban J connectivity index is -0.000000242. The summed E-state index contributed by atoms with van der Waals surface area (Å²) in [5.41, 5.74) is 5.59. The van der Waals surface area contributed by atoms with Crippen molar-refractivity contribution in [1.29, 1.82) is 0 Å². The Bertz CT molecular complexity index is 980. The smallest absolute Gasteiger partial charge is 0.400 e. The second-order valence-corrected chi connectivity index (χ2v) is 6.47. The maximum atomic E-state index is 11.8. The molecule has 2 aromatic carbocycles. The monoisotopic (exact) mass is 539 g/mol. The van der Waals surface area contributed by atoms with Crippen LogP contribution in [0, 0.1) is 24.8 Å². The summed E-state index contributed by atoms with van der Waals surface area (Å²) in [5, 5.41) is 7.00. The molecule has 0 atom stereocenters. The maximum Gasteiger partial charge on any atom is 1.00 e. The molecule has 2 aromatic rings. The molecular formula is C35H48KO2-. The summed E-state index contributed by atoms with van der Waals surface area (Å²) in [7, 11) is 1.00. The van der Waals surface area contributed by atoms with Crippen molar-refractivity contribution in [3.8, 4) is 11.8 Å². The van der Waals surface area contributed by atoms with E-state index in [4.69, 9.17) is 5.11 Å². The Hall–Kier alpha value is -2.03. The van der Waals surface area contributed by atoms with E-state index in [9.17, 15) is 4.79 Å². The number of aliphatic hydroxyl groups is 1. The summed E-state index contributed by atoms with van der Waals surface area (Å²) >= 11 is 0. The molecule has 0 radical (unpaired) electrons. The molecule has 0 fully saturated rings. The van der Waals surface area contributed by atoms with Gasteiger partial charge in [-0.2, -0.15) is 37.3 Å². The van der Waals surface area contributed by atoms with Crippen LogP contribution in [0.4, 0.5) is 0 Å². The van der Waals surface area contributed by atoms with Crippen LogP contribution < -0.4 is 51.4 Å². The Morgan fingerprint density at radius 1 is 0.868 bits per heavy atom.